The summed E-state index contributed by atoms with van der Waals surface area (Å²) in [7, 11) is 0. The number of hydrogen-bond donors (Lipinski definition) is 13. The Morgan fingerprint density at radius 2 is 0.820 bits per heavy atom. The van der Waals surface area contributed by atoms with Gasteiger partial charge in [0.05, 0.1) is 18.6 Å². The number of aromatic amines is 4. The number of benzene rings is 6. The lowest BCUT2D eigenvalue weighted by Crippen LogP contribution is -2.59. The Hall–Kier alpha value is -10.3. The number of para-hydroxylation sites is 4. The van der Waals surface area contributed by atoms with E-state index in [9.17, 15) is 29.1 Å². The maximum atomic E-state index is 15.4. The predicted octanol–water partition coefficient (Wildman–Crippen LogP) is 5.70. The van der Waals surface area contributed by atoms with Crippen LogP contribution in [0.25, 0.3) is 43.6 Å². The van der Waals surface area contributed by atoms with Crippen LogP contribution in [0.2, 0.25) is 0 Å². The largest absolute Gasteiger partial charge is 0.480 e. The van der Waals surface area contributed by atoms with Crippen LogP contribution in [0.5, 0.6) is 0 Å². The number of fused-ring (bicyclic) bond motifs is 4. The van der Waals surface area contributed by atoms with E-state index in [2.05, 4.69) is 62.5 Å². The molecule has 456 valence electrons. The van der Waals surface area contributed by atoms with Crippen molar-refractivity contribution in [3.63, 3.8) is 0 Å². The molecule has 4 aromatic heterocycles. The van der Waals surface area contributed by atoms with Crippen molar-refractivity contribution >= 4 is 85.0 Å². The second-order valence-electron chi connectivity index (χ2n) is 22.8. The van der Waals surface area contributed by atoms with Crippen LogP contribution in [-0.4, -0.2) is 128 Å². The molecule has 7 atom stereocenters. The molecule has 20 nitrogen and oxygen atoms in total. The molecule has 0 spiro atoms. The number of aliphatic carboxylic acids is 1. The van der Waals surface area contributed by atoms with E-state index in [4.69, 9.17) is 0 Å². The zero-order valence-corrected chi connectivity index (χ0v) is 48.9. The molecule has 6 aromatic carbocycles. The van der Waals surface area contributed by atoms with Gasteiger partial charge in [-0.1, -0.05) is 133 Å². The molecule has 1 aliphatic heterocycles. The standard InChI is InChI=1S/C69H72N12O8/c82-63(41-76-64(83)60(79-65(84)57-28-15-29-70-57)33-45-37-72-54-25-12-8-21-50(45)54)77-48(30-42-16-3-1-4-17-42)40-75-58(32-44-36-71-53-24-11-7-20-49(44)53)66(85)80-61(34-46-38-73-55-26-13-9-22-51(46)55)68(87)78-59(31-43-18-5-2-6-19-43)67(86)81-62(69(88)89)35-47-39-74-56-27-14-10-23-52(47)56/h1-14,16-27,36-39,48,57-62,70-75H,15,28-35,40-41H2,(H,76,83)(H,77,82)(H,78,87)(H,79,84)(H,80,85)(H,81,86)(H,88,89)/t48-,57-,58-,59-,60-,61-,62-/m0/s1. The zero-order valence-electron chi connectivity index (χ0n) is 48.9. The monoisotopic (exact) mass is 1200 g/mol. The molecule has 10 aromatic rings. The lowest BCUT2D eigenvalue weighted by atomic mass is 9.99. The van der Waals surface area contributed by atoms with Crippen molar-refractivity contribution < 1.29 is 38.7 Å². The Morgan fingerprint density at radius 1 is 0.427 bits per heavy atom. The van der Waals surface area contributed by atoms with Gasteiger partial charge in [-0.25, -0.2) is 4.79 Å². The van der Waals surface area contributed by atoms with Crippen molar-refractivity contribution in [2.75, 3.05) is 19.6 Å². The average molecular weight is 1200 g/mol. The van der Waals surface area contributed by atoms with E-state index in [0.717, 1.165) is 66.7 Å². The molecule has 11 rings (SSSR count). The number of nitrogens with one attached hydrogen (secondary N) is 12. The molecule has 1 fully saturated rings. The number of carbonyl (C=O) groups is 7. The molecule has 6 amide bonds. The number of hydrogen-bond acceptors (Lipinski definition) is 9. The molecular weight excluding hydrogens is 1120 g/mol. The number of rotatable bonds is 28. The minimum Gasteiger partial charge on any atom is -0.480 e. The molecule has 0 aliphatic carbocycles. The van der Waals surface area contributed by atoms with Crippen molar-refractivity contribution in [1.29, 1.82) is 0 Å². The third kappa shape index (κ3) is 15.3. The second kappa shape index (κ2) is 28.5. The van der Waals surface area contributed by atoms with Gasteiger partial charge in [0.2, 0.25) is 35.4 Å². The number of carboxylic acids is 1. The van der Waals surface area contributed by atoms with Gasteiger partial charge in [-0.2, -0.15) is 0 Å². The van der Waals surface area contributed by atoms with Gasteiger partial charge in [0.25, 0.3) is 0 Å². The van der Waals surface area contributed by atoms with Crippen molar-refractivity contribution in [2.24, 2.45) is 0 Å². The minimum atomic E-state index is -1.36. The molecule has 1 saturated heterocycles. The first-order chi connectivity index (χ1) is 43.4. The van der Waals surface area contributed by atoms with Gasteiger partial charge in [-0.15, -0.1) is 0 Å². The molecule has 0 unspecified atom stereocenters. The first kappa shape index (κ1) is 60.4. The number of aromatic nitrogens is 4. The fraction of sp³-hybridized carbons (Fsp3) is 0.261. The van der Waals surface area contributed by atoms with E-state index >= 15 is 9.59 Å². The summed E-state index contributed by atoms with van der Waals surface area (Å²) in [6.07, 6.45) is 9.20. The highest BCUT2D eigenvalue weighted by molar-refractivity contribution is 5.97. The summed E-state index contributed by atoms with van der Waals surface area (Å²) in [5, 5.41) is 38.1. The smallest absolute Gasteiger partial charge is 0.326 e. The summed E-state index contributed by atoms with van der Waals surface area (Å²) in [5.41, 5.74) is 7.98. The summed E-state index contributed by atoms with van der Waals surface area (Å²) >= 11 is 0. The highest BCUT2D eigenvalue weighted by Crippen LogP contribution is 2.24. The first-order valence-corrected chi connectivity index (χ1v) is 30.1. The van der Waals surface area contributed by atoms with E-state index in [1.54, 1.807) is 24.5 Å². The van der Waals surface area contributed by atoms with Gasteiger partial charge < -0.3 is 67.6 Å². The lowest BCUT2D eigenvalue weighted by Gasteiger charge is -2.27. The van der Waals surface area contributed by atoms with Crippen LogP contribution in [0, 0.1) is 0 Å². The van der Waals surface area contributed by atoms with E-state index in [1.165, 1.54) is 0 Å². The van der Waals surface area contributed by atoms with Gasteiger partial charge in [0, 0.05) is 107 Å². The molecule has 13 N–H and O–H groups in total. The van der Waals surface area contributed by atoms with E-state index in [1.807, 2.05) is 158 Å². The molecule has 20 heteroatoms. The summed E-state index contributed by atoms with van der Waals surface area (Å²) in [6, 6.07) is 41.9. The number of carbonyl (C=O) groups excluding carboxylic acids is 6. The lowest BCUT2D eigenvalue weighted by molar-refractivity contribution is -0.142. The van der Waals surface area contributed by atoms with Crippen LogP contribution in [0.15, 0.2) is 183 Å². The normalized spacial score (nSPS) is 15.2. The molecular formula is C69H72N12O8. The SMILES string of the molecule is O=C(CNC(=O)[C@H](Cc1c[nH]c2ccccc12)NC(=O)[C@@H]1CCCN1)N[C@H](CN[C@@H](Cc1c[nH]c2ccccc12)C(=O)N[C@@H](Cc1c[nH]c2ccccc12)C(=O)N[C@@H](Cc1ccccc1)C(=O)N[C@@H](Cc1c[nH]c2ccccc12)C(=O)O)Cc1ccccc1. The Bertz CT molecular complexity index is 4110. The van der Waals surface area contributed by atoms with Crippen LogP contribution in [0.4, 0.5) is 0 Å². The third-order valence-electron chi connectivity index (χ3n) is 16.6. The van der Waals surface area contributed by atoms with Gasteiger partial charge in [0.15, 0.2) is 0 Å². The van der Waals surface area contributed by atoms with Crippen molar-refractivity contribution in [3.05, 3.63) is 216 Å². The number of H-pyrrole nitrogens is 4. The van der Waals surface area contributed by atoms with Crippen molar-refractivity contribution in [3.8, 4) is 0 Å². The molecule has 5 heterocycles. The second-order valence-corrected chi connectivity index (χ2v) is 22.8. The first-order valence-electron chi connectivity index (χ1n) is 30.1. The van der Waals surface area contributed by atoms with Gasteiger partial charge in [-0.05, 0) is 89.9 Å². The maximum absolute atomic E-state index is 15.4. The van der Waals surface area contributed by atoms with Crippen LogP contribution in [0.1, 0.15) is 46.2 Å². The minimum absolute atomic E-state index is 0.00513. The molecule has 1 aliphatic rings. The van der Waals surface area contributed by atoms with E-state index < -0.39 is 84.3 Å². The zero-order chi connectivity index (χ0) is 61.6. The fourth-order valence-corrected chi connectivity index (χ4v) is 11.9. The Labute approximate surface area is 513 Å². The van der Waals surface area contributed by atoms with Crippen LogP contribution < -0.4 is 42.5 Å². The van der Waals surface area contributed by atoms with E-state index in [-0.39, 0.29) is 44.6 Å². The average Bonchev–Trinajstić information content (AvgIpc) is 3.26. The van der Waals surface area contributed by atoms with Crippen LogP contribution >= 0.6 is 0 Å². The predicted molar refractivity (Wildman–Crippen MR) is 341 cm³/mol. The maximum Gasteiger partial charge on any atom is 0.326 e. The van der Waals surface area contributed by atoms with Gasteiger partial charge >= 0.3 is 5.97 Å². The summed E-state index contributed by atoms with van der Waals surface area (Å²) < 4.78 is 0. The molecule has 0 radical (unpaired) electrons. The Morgan fingerprint density at radius 3 is 1.28 bits per heavy atom. The van der Waals surface area contributed by atoms with Gasteiger partial charge in [-0.3, -0.25) is 28.8 Å². The highest BCUT2D eigenvalue weighted by atomic mass is 16.4. The topological polar surface area (TPSA) is 299 Å². The molecule has 89 heavy (non-hydrogen) atoms. The van der Waals surface area contributed by atoms with Crippen molar-refractivity contribution in [2.45, 2.75) is 93.7 Å². The van der Waals surface area contributed by atoms with Gasteiger partial charge in [0.1, 0.15) is 24.2 Å². The van der Waals surface area contributed by atoms with Crippen molar-refractivity contribution in [1.82, 2.24) is 62.5 Å². The summed E-state index contributed by atoms with van der Waals surface area (Å²) in [6.45, 7) is 0.324. The summed E-state index contributed by atoms with van der Waals surface area (Å²) in [4.78, 5) is 113. The molecule has 0 bridgehead atoms. The number of carboxylic acid groups (broad SMARTS) is 1. The summed E-state index contributed by atoms with van der Waals surface area (Å²) in [5.74, 6) is -4.58. The Balaban J connectivity index is 0.843. The third-order valence-corrected chi connectivity index (χ3v) is 16.6. The van der Waals surface area contributed by atoms with E-state index in [0.29, 0.717) is 36.1 Å². The Kier molecular flexibility index (Phi) is 19.3. The van der Waals surface area contributed by atoms with Crippen LogP contribution in [0.3, 0.4) is 0 Å². The fourth-order valence-electron chi connectivity index (χ4n) is 11.9. The number of amides is 6. The molecule has 0 saturated carbocycles. The van der Waals surface area contributed by atoms with Crippen LogP contribution in [-0.2, 0) is 72.1 Å². The highest BCUT2D eigenvalue weighted by Gasteiger charge is 2.34. The quantitative estimate of drug-likeness (QED) is 0.0284.